The van der Waals surface area contributed by atoms with Crippen molar-refractivity contribution in [3.8, 4) is 0 Å². The van der Waals surface area contributed by atoms with Crippen LogP contribution in [-0.2, 0) is 0 Å². The molecule has 1 N–H and O–H groups in total. The minimum absolute atomic E-state index is 0.959. The molecule has 0 bridgehead atoms. The third-order valence-corrected chi connectivity index (χ3v) is 2.87. The minimum atomic E-state index is 0.959. The molecule has 88 valence electrons. The lowest BCUT2D eigenvalue weighted by Crippen LogP contribution is -2.13. The molecule has 0 aliphatic carbocycles. The quantitative estimate of drug-likeness (QED) is 0.743. The molecule has 1 nitrogen and oxygen atoms in total. The van der Waals surface area contributed by atoms with Crippen LogP contribution in [0.2, 0.25) is 0 Å². The summed E-state index contributed by atoms with van der Waals surface area (Å²) in [5, 5.41) is 3.36. The average Bonchev–Trinajstić information content (AvgIpc) is 2.25. The summed E-state index contributed by atoms with van der Waals surface area (Å²) in [6.45, 7) is 10.7. The van der Waals surface area contributed by atoms with Gasteiger partial charge in [0.2, 0.25) is 0 Å². The van der Waals surface area contributed by atoms with Gasteiger partial charge >= 0.3 is 0 Å². The lowest BCUT2D eigenvalue weighted by Gasteiger charge is -2.06. The topological polar surface area (TPSA) is 12.0 Å². The summed E-state index contributed by atoms with van der Waals surface area (Å²) in [7, 11) is 0. The molecule has 0 unspecified atom stereocenters. The number of nitrogens with one attached hydrogen (secondary N) is 1. The van der Waals surface area contributed by atoms with Crippen molar-refractivity contribution in [2.45, 2.75) is 34.1 Å². The molecule has 1 aromatic rings. The molecule has 0 aliphatic rings. The Morgan fingerprint density at radius 2 is 1.75 bits per heavy atom. The molecular formula is C15H23N. The second kappa shape index (κ2) is 6.49. The Morgan fingerprint density at radius 3 is 2.44 bits per heavy atom. The first-order chi connectivity index (χ1) is 7.65. The third kappa shape index (κ3) is 3.82. The largest absolute Gasteiger partial charge is 0.313 e. The van der Waals surface area contributed by atoms with E-state index in [1.54, 1.807) is 0 Å². The van der Waals surface area contributed by atoms with Gasteiger partial charge in [-0.15, -0.1) is 0 Å². The van der Waals surface area contributed by atoms with Gasteiger partial charge in [-0.1, -0.05) is 31.2 Å². The van der Waals surface area contributed by atoms with Crippen molar-refractivity contribution in [1.82, 2.24) is 5.32 Å². The molecule has 0 heterocycles. The normalized spacial score (nSPS) is 11.2. The van der Waals surface area contributed by atoms with Gasteiger partial charge in [-0.2, -0.15) is 0 Å². The zero-order valence-electron chi connectivity index (χ0n) is 10.9. The fraction of sp³-hybridized carbons (Fsp3) is 0.467. The molecular weight excluding hydrogens is 194 g/mol. The number of hydrogen-bond donors (Lipinski definition) is 1. The fourth-order valence-corrected chi connectivity index (χ4v) is 1.71. The van der Waals surface area contributed by atoms with E-state index in [4.69, 9.17) is 0 Å². The molecule has 0 fully saturated rings. The number of benzene rings is 1. The van der Waals surface area contributed by atoms with E-state index in [2.05, 4.69) is 57.3 Å². The van der Waals surface area contributed by atoms with Gasteiger partial charge in [0, 0.05) is 6.54 Å². The highest BCUT2D eigenvalue weighted by atomic mass is 14.8. The maximum absolute atomic E-state index is 3.36. The molecule has 0 saturated heterocycles. The smallest absolute Gasteiger partial charge is 0.0138 e. The number of aryl methyl sites for hydroxylation is 3. The highest BCUT2D eigenvalue weighted by Crippen LogP contribution is 2.16. The first-order valence-corrected chi connectivity index (χ1v) is 6.10. The van der Waals surface area contributed by atoms with E-state index in [0.717, 1.165) is 13.1 Å². The van der Waals surface area contributed by atoms with Crippen LogP contribution in [0.1, 0.15) is 35.6 Å². The van der Waals surface area contributed by atoms with Gasteiger partial charge in [-0.05, 0) is 56.0 Å². The van der Waals surface area contributed by atoms with Gasteiger partial charge in [0.25, 0.3) is 0 Å². The molecule has 0 aliphatic heterocycles. The Hall–Kier alpha value is -1.08. The van der Waals surface area contributed by atoms with Crippen LogP contribution >= 0.6 is 0 Å². The molecule has 1 heteroatoms. The fourth-order valence-electron chi connectivity index (χ4n) is 1.71. The first kappa shape index (κ1) is 13.0. The van der Waals surface area contributed by atoms with E-state index in [-0.39, 0.29) is 0 Å². The molecule has 0 atom stereocenters. The van der Waals surface area contributed by atoms with Crippen molar-refractivity contribution in [2.75, 3.05) is 13.1 Å². The van der Waals surface area contributed by atoms with Crippen LogP contribution in [0.25, 0.3) is 6.08 Å². The van der Waals surface area contributed by atoms with Crippen molar-refractivity contribution in [2.24, 2.45) is 0 Å². The van der Waals surface area contributed by atoms with Crippen molar-refractivity contribution in [3.05, 3.63) is 40.5 Å². The summed E-state index contributed by atoms with van der Waals surface area (Å²) >= 11 is 0. The predicted molar refractivity (Wildman–Crippen MR) is 72.8 cm³/mol. The van der Waals surface area contributed by atoms with Crippen LogP contribution in [0.4, 0.5) is 0 Å². The molecule has 0 aromatic heterocycles. The van der Waals surface area contributed by atoms with E-state index in [1.165, 1.54) is 28.7 Å². The molecule has 0 saturated carbocycles. The molecule has 0 amide bonds. The van der Waals surface area contributed by atoms with Crippen LogP contribution in [0.5, 0.6) is 0 Å². The summed E-state index contributed by atoms with van der Waals surface area (Å²) in [4.78, 5) is 0. The van der Waals surface area contributed by atoms with Crippen LogP contribution < -0.4 is 5.32 Å². The predicted octanol–water partition coefficient (Wildman–Crippen LogP) is 3.62. The Labute approximate surface area is 99.6 Å². The van der Waals surface area contributed by atoms with Gasteiger partial charge in [-0.3, -0.25) is 0 Å². The van der Waals surface area contributed by atoms with Crippen LogP contribution in [0.15, 0.2) is 18.2 Å². The Bertz CT molecular complexity index is 364. The monoisotopic (exact) mass is 217 g/mol. The summed E-state index contributed by atoms with van der Waals surface area (Å²) < 4.78 is 0. The summed E-state index contributed by atoms with van der Waals surface area (Å²) in [6.07, 6.45) is 5.60. The van der Waals surface area contributed by atoms with Crippen molar-refractivity contribution in [1.29, 1.82) is 0 Å². The second-order valence-electron chi connectivity index (χ2n) is 4.40. The Balaban J connectivity index is 2.63. The first-order valence-electron chi connectivity index (χ1n) is 6.10. The Kier molecular flexibility index (Phi) is 5.27. The van der Waals surface area contributed by atoms with Gasteiger partial charge in [0.1, 0.15) is 0 Å². The molecule has 0 radical (unpaired) electrons. The zero-order chi connectivity index (χ0) is 12.0. The minimum Gasteiger partial charge on any atom is -0.313 e. The van der Waals surface area contributed by atoms with E-state index in [1.807, 2.05) is 0 Å². The maximum Gasteiger partial charge on any atom is 0.0138 e. The molecule has 16 heavy (non-hydrogen) atoms. The lowest BCUT2D eigenvalue weighted by molar-refractivity contribution is 0.730. The van der Waals surface area contributed by atoms with Crippen molar-refractivity contribution < 1.29 is 0 Å². The maximum atomic E-state index is 3.36. The van der Waals surface area contributed by atoms with Crippen LogP contribution in [-0.4, -0.2) is 13.1 Å². The summed E-state index contributed by atoms with van der Waals surface area (Å²) in [6, 6.07) is 4.52. The van der Waals surface area contributed by atoms with Crippen LogP contribution in [0.3, 0.4) is 0 Å². The standard InChI is InChI=1S/C15H23N/c1-5-8-16-9-6-7-15-11-13(3)12(2)10-14(15)4/h6-7,10-11,16H,5,8-9H2,1-4H3. The van der Waals surface area contributed by atoms with Crippen molar-refractivity contribution in [3.63, 3.8) is 0 Å². The number of rotatable bonds is 5. The molecule has 1 rings (SSSR count). The third-order valence-electron chi connectivity index (χ3n) is 2.87. The highest BCUT2D eigenvalue weighted by molar-refractivity contribution is 5.56. The van der Waals surface area contributed by atoms with Gasteiger partial charge in [0.15, 0.2) is 0 Å². The average molecular weight is 217 g/mol. The zero-order valence-corrected chi connectivity index (χ0v) is 10.9. The van der Waals surface area contributed by atoms with Gasteiger partial charge < -0.3 is 5.32 Å². The SMILES string of the molecule is CCCNCC=Cc1cc(C)c(C)cc1C. The van der Waals surface area contributed by atoms with E-state index < -0.39 is 0 Å². The van der Waals surface area contributed by atoms with Gasteiger partial charge in [0.05, 0.1) is 0 Å². The van der Waals surface area contributed by atoms with E-state index in [9.17, 15) is 0 Å². The molecule has 0 spiro atoms. The molecule has 1 aromatic carbocycles. The summed E-state index contributed by atoms with van der Waals surface area (Å²) in [5.41, 5.74) is 5.43. The Morgan fingerprint density at radius 1 is 1.06 bits per heavy atom. The van der Waals surface area contributed by atoms with Gasteiger partial charge in [-0.25, -0.2) is 0 Å². The lowest BCUT2D eigenvalue weighted by atomic mass is 10.0. The van der Waals surface area contributed by atoms with E-state index in [0.29, 0.717) is 0 Å². The second-order valence-corrected chi connectivity index (χ2v) is 4.40. The summed E-state index contributed by atoms with van der Waals surface area (Å²) in [5.74, 6) is 0. The van der Waals surface area contributed by atoms with Crippen molar-refractivity contribution >= 4 is 6.08 Å². The van der Waals surface area contributed by atoms with Crippen LogP contribution in [0, 0.1) is 20.8 Å². The number of hydrogen-bond acceptors (Lipinski definition) is 1. The van der Waals surface area contributed by atoms with E-state index >= 15 is 0 Å². The highest BCUT2D eigenvalue weighted by Gasteiger charge is 1.98.